The van der Waals surface area contributed by atoms with E-state index in [9.17, 15) is 4.79 Å². The number of carbonyl (C=O) groups excluding carboxylic acids is 1. The maximum Gasteiger partial charge on any atom is 0.273 e. The van der Waals surface area contributed by atoms with Crippen LogP contribution in [-0.4, -0.2) is 25.9 Å². The van der Waals surface area contributed by atoms with Crippen molar-refractivity contribution in [1.82, 2.24) is 20.0 Å². The number of aryl methyl sites for hydroxylation is 1. The molecule has 0 spiro atoms. The molecule has 0 unspecified atom stereocenters. The average Bonchev–Trinajstić information content (AvgIpc) is 3.42. The van der Waals surface area contributed by atoms with Crippen molar-refractivity contribution < 1.29 is 9.53 Å². The lowest BCUT2D eigenvalue weighted by molar-refractivity contribution is 0.102. The van der Waals surface area contributed by atoms with Crippen LogP contribution in [-0.2, 0) is 13.2 Å². The van der Waals surface area contributed by atoms with E-state index in [2.05, 4.69) is 27.5 Å². The van der Waals surface area contributed by atoms with Crippen molar-refractivity contribution in [2.45, 2.75) is 20.1 Å². The van der Waals surface area contributed by atoms with Crippen LogP contribution in [0.1, 0.15) is 23.0 Å². The Balaban J connectivity index is 1.37. The largest absolute Gasteiger partial charge is 0.471 e. The second kappa shape index (κ2) is 9.24. The summed E-state index contributed by atoms with van der Waals surface area (Å²) in [7, 11) is 0. The maximum absolute atomic E-state index is 12.5. The smallest absolute Gasteiger partial charge is 0.273 e. The monoisotopic (exact) mass is 455 g/mol. The number of anilines is 1. The van der Waals surface area contributed by atoms with Crippen molar-refractivity contribution in [3.05, 3.63) is 82.2 Å². The first kappa shape index (κ1) is 21.0. The van der Waals surface area contributed by atoms with Gasteiger partial charge in [0, 0.05) is 10.6 Å². The minimum absolute atomic E-state index is 0.227. The number of aromatic amines is 1. The fourth-order valence-corrected chi connectivity index (χ4v) is 3.44. The lowest BCUT2D eigenvalue weighted by atomic mass is 10.1. The van der Waals surface area contributed by atoms with E-state index in [-0.39, 0.29) is 12.6 Å². The molecule has 0 aliphatic rings. The second-order valence-electron chi connectivity index (χ2n) is 6.78. The average molecular weight is 456 g/mol. The molecule has 0 atom stereocenters. The highest BCUT2D eigenvalue weighted by Crippen LogP contribution is 2.29. The van der Waals surface area contributed by atoms with Crippen LogP contribution < -0.4 is 10.1 Å². The molecule has 1 amide bonds. The molecular formula is C22H19Cl2N5O2. The van der Waals surface area contributed by atoms with Gasteiger partial charge < -0.3 is 10.1 Å². The van der Waals surface area contributed by atoms with E-state index in [0.717, 1.165) is 12.2 Å². The summed E-state index contributed by atoms with van der Waals surface area (Å²) in [6.45, 7) is 2.33. The number of hydrogen-bond acceptors (Lipinski definition) is 4. The number of aromatic nitrogens is 4. The maximum atomic E-state index is 12.5. The summed E-state index contributed by atoms with van der Waals surface area (Å²) < 4.78 is 7.31. The summed E-state index contributed by atoms with van der Waals surface area (Å²) in [4.78, 5) is 12.5. The Morgan fingerprint density at radius 3 is 2.71 bits per heavy atom. The zero-order valence-electron chi connectivity index (χ0n) is 16.6. The van der Waals surface area contributed by atoms with Crippen LogP contribution in [0, 0.1) is 0 Å². The van der Waals surface area contributed by atoms with E-state index in [0.29, 0.717) is 32.7 Å². The molecule has 2 N–H and O–H groups in total. The number of nitrogens with zero attached hydrogens (tertiary/aromatic N) is 3. The number of nitrogens with one attached hydrogen (secondary N) is 2. The minimum Gasteiger partial charge on any atom is -0.471 e. The molecule has 9 heteroatoms. The van der Waals surface area contributed by atoms with Gasteiger partial charge in [0.2, 0.25) is 0 Å². The standard InChI is InChI=1S/C22H19Cl2N5O2/c1-2-14-3-6-17(7-4-14)31-13-29-12-16(11-25-29)26-22(30)21-10-20(27-28-21)18-8-5-15(23)9-19(18)24/h3-12H,2,13H2,1H3,(H,26,30)(H,27,28). The van der Waals surface area contributed by atoms with Gasteiger partial charge in [-0.05, 0) is 48.4 Å². The first-order valence-corrected chi connectivity index (χ1v) is 10.3. The van der Waals surface area contributed by atoms with Gasteiger partial charge in [-0.15, -0.1) is 0 Å². The molecular weight excluding hydrogens is 437 g/mol. The molecule has 4 rings (SSSR count). The van der Waals surface area contributed by atoms with Crippen molar-refractivity contribution in [2.24, 2.45) is 0 Å². The molecule has 7 nitrogen and oxygen atoms in total. The Kier molecular flexibility index (Phi) is 6.25. The Hall–Kier alpha value is -3.29. The van der Waals surface area contributed by atoms with Crippen LogP contribution in [0.3, 0.4) is 0 Å². The normalized spacial score (nSPS) is 10.8. The van der Waals surface area contributed by atoms with Gasteiger partial charge in [-0.1, -0.05) is 42.3 Å². The van der Waals surface area contributed by atoms with Crippen LogP contribution in [0.15, 0.2) is 60.9 Å². The molecule has 0 aliphatic heterocycles. The highest BCUT2D eigenvalue weighted by Gasteiger charge is 2.14. The molecule has 2 aromatic carbocycles. The zero-order chi connectivity index (χ0) is 21.8. The van der Waals surface area contributed by atoms with Crippen LogP contribution in [0.2, 0.25) is 10.0 Å². The highest BCUT2D eigenvalue weighted by molar-refractivity contribution is 6.36. The zero-order valence-corrected chi connectivity index (χ0v) is 18.1. The molecule has 0 bridgehead atoms. The van der Waals surface area contributed by atoms with E-state index >= 15 is 0 Å². The van der Waals surface area contributed by atoms with Crippen LogP contribution in [0.25, 0.3) is 11.3 Å². The third-order valence-electron chi connectivity index (χ3n) is 4.62. The van der Waals surface area contributed by atoms with Crippen molar-refractivity contribution in [2.75, 3.05) is 5.32 Å². The van der Waals surface area contributed by atoms with E-state index in [1.165, 1.54) is 5.56 Å². The van der Waals surface area contributed by atoms with E-state index in [1.54, 1.807) is 41.3 Å². The quantitative estimate of drug-likeness (QED) is 0.388. The van der Waals surface area contributed by atoms with Gasteiger partial charge >= 0.3 is 0 Å². The molecule has 0 radical (unpaired) electrons. The number of hydrogen-bond donors (Lipinski definition) is 2. The highest BCUT2D eigenvalue weighted by atomic mass is 35.5. The molecule has 158 valence electrons. The van der Waals surface area contributed by atoms with Gasteiger partial charge in [0.25, 0.3) is 5.91 Å². The Morgan fingerprint density at radius 2 is 1.97 bits per heavy atom. The number of halogens is 2. The topological polar surface area (TPSA) is 84.8 Å². The number of benzene rings is 2. The fourth-order valence-electron chi connectivity index (χ4n) is 2.93. The SMILES string of the molecule is CCc1ccc(OCn2cc(NC(=O)c3cc(-c4ccc(Cl)cc4Cl)n[nH]3)cn2)cc1. The third kappa shape index (κ3) is 5.07. The van der Waals surface area contributed by atoms with Gasteiger partial charge in [0.1, 0.15) is 11.4 Å². The predicted octanol–water partition coefficient (Wildman–Crippen LogP) is 5.43. The van der Waals surface area contributed by atoms with Gasteiger partial charge in [0.05, 0.1) is 28.8 Å². The molecule has 0 saturated carbocycles. The number of ether oxygens (including phenoxy) is 1. The summed E-state index contributed by atoms with van der Waals surface area (Å²) in [5, 5.41) is 14.9. The first-order chi connectivity index (χ1) is 15.0. The fraction of sp³-hybridized carbons (Fsp3) is 0.136. The van der Waals surface area contributed by atoms with Crippen molar-refractivity contribution in [3.8, 4) is 17.0 Å². The van der Waals surface area contributed by atoms with Crippen LogP contribution in [0.5, 0.6) is 5.75 Å². The van der Waals surface area contributed by atoms with Gasteiger partial charge in [-0.3, -0.25) is 9.89 Å². The summed E-state index contributed by atoms with van der Waals surface area (Å²) in [6.07, 6.45) is 4.22. The Bertz CT molecular complexity index is 1200. The lowest BCUT2D eigenvalue weighted by Crippen LogP contribution is -2.12. The van der Waals surface area contributed by atoms with Gasteiger partial charge in [0.15, 0.2) is 6.73 Å². The predicted molar refractivity (Wildman–Crippen MR) is 121 cm³/mol. The number of carbonyl (C=O) groups is 1. The molecule has 0 fully saturated rings. The second-order valence-corrected chi connectivity index (χ2v) is 7.63. The lowest BCUT2D eigenvalue weighted by Gasteiger charge is -2.06. The molecule has 31 heavy (non-hydrogen) atoms. The summed E-state index contributed by atoms with van der Waals surface area (Å²) >= 11 is 12.1. The first-order valence-electron chi connectivity index (χ1n) is 9.58. The number of H-pyrrole nitrogens is 1. The number of rotatable bonds is 7. The van der Waals surface area contributed by atoms with Crippen molar-refractivity contribution >= 4 is 34.8 Å². The molecule has 2 heterocycles. The number of amides is 1. The third-order valence-corrected chi connectivity index (χ3v) is 5.16. The Morgan fingerprint density at radius 1 is 1.16 bits per heavy atom. The molecule has 4 aromatic rings. The van der Waals surface area contributed by atoms with Gasteiger partial charge in [-0.2, -0.15) is 10.2 Å². The Labute approximate surface area is 188 Å². The van der Waals surface area contributed by atoms with E-state index < -0.39 is 0 Å². The summed E-state index contributed by atoms with van der Waals surface area (Å²) in [5.41, 5.74) is 3.30. The summed E-state index contributed by atoms with van der Waals surface area (Å²) in [5.74, 6) is 0.406. The molecule has 0 aliphatic carbocycles. The van der Waals surface area contributed by atoms with E-state index in [4.69, 9.17) is 27.9 Å². The van der Waals surface area contributed by atoms with E-state index in [1.807, 2.05) is 24.3 Å². The van der Waals surface area contributed by atoms with Crippen molar-refractivity contribution in [3.63, 3.8) is 0 Å². The van der Waals surface area contributed by atoms with Crippen molar-refractivity contribution in [1.29, 1.82) is 0 Å². The molecule has 2 aromatic heterocycles. The summed E-state index contributed by atoms with van der Waals surface area (Å²) in [6, 6.07) is 14.6. The van der Waals surface area contributed by atoms with Crippen LogP contribution >= 0.6 is 23.2 Å². The minimum atomic E-state index is -0.348. The molecule has 0 saturated heterocycles. The van der Waals surface area contributed by atoms with Gasteiger partial charge in [-0.25, -0.2) is 4.68 Å². The van der Waals surface area contributed by atoms with Crippen LogP contribution in [0.4, 0.5) is 5.69 Å².